The predicted molar refractivity (Wildman–Crippen MR) is 65.8 cm³/mol. The molecular formula is C13H17NO4. The molecule has 0 radical (unpaired) electrons. The van der Waals surface area contributed by atoms with Crippen molar-refractivity contribution in [3.63, 3.8) is 0 Å². The maximum absolute atomic E-state index is 11.6. The topological polar surface area (TPSA) is 48.0 Å². The molecule has 0 unspecified atom stereocenters. The molecule has 0 fully saturated rings. The number of fused-ring (bicyclic) bond motifs is 1. The number of hydrogen-bond acceptors (Lipinski definition) is 4. The van der Waals surface area contributed by atoms with Crippen molar-refractivity contribution >= 4 is 5.91 Å². The third-order valence-electron chi connectivity index (χ3n) is 2.72. The van der Waals surface area contributed by atoms with Crippen LogP contribution < -0.4 is 9.47 Å². The summed E-state index contributed by atoms with van der Waals surface area (Å²) >= 11 is 0. The van der Waals surface area contributed by atoms with Gasteiger partial charge in [-0.25, -0.2) is 0 Å². The van der Waals surface area contributed by atoms with Gasteiger partial charge in [-0.2, -0.15) is 0 Å². The number of nitrogens with zero attached hydrogens (tertiary/aromatic N) is 1. The minimum absolute atomic E-state index is 0.0487. The second kappa shape index (κ2) is 5.73. The van der Waals surface area contributed by atoms with Gasteiger partial charge in [-0.3, -0.25) is 4.79 Å². The molecule has 98 valence electrons. The van der Waals surface area contributed by atoms with Crippen molar-refractivity contribution in [3.05, 3.63) is 23.8 Å². The summed E-state index contributed by atoms with van der Waals surface area (Å²) in [5.41, 5.74) is 1.01. The highest BCUT2D eigenvalue weighted by Crippen LogP contribution is 2.30. The number of benzene rings is 1. The Bertz CT molecular complexity index is 433. The zero-order chi connectivity index (χ0) is 13.0. The van der Waals surface area contributed by atoms with E-state index in [-0.39, 0.29) is 12.5 Å². The summed E-state index contributed by atoms with van der Waals surface area (Å²) in [6, 6.07) is 5.72. The Labute approximate surface area is 106 Å². The van der Waals surface area contributed by atoms with Gasteiger partial charge in [-0.15, -0.1) is 0 Å². The lowest BCUT2D eigenvalue weighted by atomic mass is 10.2. The molecule has 0 aliphatic carbocycles. The van der Waals surface area contributed by atoms with Crippen LogP contribution in [-0.4, -0.2) is 44.8 Å². The molecule has 1 aromatic carbocycles. The summed E-state index contributed by atoms with van der Waals surface area (Å²) in [6.45, 7) is 1.77. The molecule has 5 nitrogen and oxygen atoms in total. The molecule has 1 aliphatic heterocycles. The zero-order valence-corrected chi connectivity index (χ0v) is 10.6. The van der Waals surface area contributed by atoms with E-state index in [2.05, 4.69) is 0 Å². The molecule has 0 aromatic heterocycles. The van der Waals surface area contributed by atoms with Crippen molar-refractivity contribution in [2.45, 2.75) is 6.54 Å². The SMILES string of the molecule is COCC(=O)N(C)Cc1ccc2c(c1)OCCO2. The summed E-state index contributed by atoms with van der Waals surface area (Å²) in [5.74, 6) is 1.45. The predicted octanol–water partition coefficient (Wildman–Crippen LogP) is 1.06. The lowest BCUT2D eigenvalue weighted by Crippen LogP contribution is -2.29. The molecule has 0 saturated heterocycles. The van der Waals surface area contributed by atoms with E-state index in [1.165, 1.54) is 7.11 Å². The fourth-order valence-corrected chi connectivity index (χ4v) is 1.78. The van der Waals surface area contributed by atoms with Crippen molar-refractivity contribution in [2.75, 3.05) is 34.0 Å². The summed E-state index contributed by atoms with van der Waals surface area (Å²) in [4.78, 5) is 13.2. The summed E-state index contributed by atoms with van der Waals surface area (Å²) < 4.78 is 15.8. The van der Waals surface area contributed by atoms with E-state index in [0.717, 1.165) is 17.1 Å². The number of amides is 1. The first-order valence-corrected chi connectivity index (χ1v) is 5.82. The molecule has 0 atom stereocenters. The van der Waals surface area contributed by atoms with Gasteiger partial charge >= 0.3 is 0 Å². The molecule has 0 bridgehead atoms. The van der Waals surface area contributed by atoms with Crippen molar-refractivity contribution < 1.29 is 19.0 Å². The van der Waals surface area contributed by atoms with Crippen LogP contribution in [-0.2, 0) is 16.1 Å². The molecular weight excluding hydrogens is 234 g/mol. The number of carbonyl (C=O) groups is 1. The second-order valence-electron chi connectivity index (χ2n) is 4.16. The maximum atomic E-state index is 11.6. The van der Waals surface area contributed by atoms with Crippen LogP contribution in [0.4, 0.5) is 0 Å². The molecule has 1 aliphatic rings. The van der Waals surface area contributed by atoms with E-state index in [4.69, 9.17) is 14.2 Å². The third kappa shape index (κ3) is 2.92. The van der Waals surface area contributed by atoms with Crippen LogP contribution >= 0.6 is 0 Å². The molecule has 0 spiro atoms. The highest BCUT2D eigenvalue weighted by atomic mass is 16.6. The molecule has 0 N–H and O–H groups in total. The van der Waals surface area contributed by atoms with Gasteiger partial charge in [0.25, 0.3) is 0 Å². The third-order valence-corrected chi connectivity index (χ3v) is 2.72. The van der Waals surface area contributed by atoms with Gasteiger partial charge in [0.15, 0.2) is 11.5 Å². The Morgan fingerprint density at radius 2 is 2.06 bits per heavy atom. The average Bonchev–Trinajstić information content (AvgIpc) is 2.39. The van der Waals surface area contributed by atoms with Crippen LogP contribution in [0.3, 0.4) is 0 Å². The zero-order valence-electron chi connectivity index (χ0n) is 10.6. The number of carbonyl (C=O) groups excluding carboxylic acids is 1. The smallest absolute Gasteiger partial charge is 0.248 e. The average molecular weight is 251 g/mol. The quantitative estimate of drug-likeness (QED) is 0.803. The number of rotatable bonds is 4. The van der Waals surface area contributed by atoms with Crippen LogP contribution in [0, 0.1) is 0 Å². The van der Waals surface area contributed by atoms with Crippen LogP contribution in [0.2, 0.25) is 0 Å². The number of hydrogen-bond donors (Lipinski definition) is 0. The summed E-state index contributed by atoms with van der Waals surface area (Å²) in [6.07, 6.45) is 0. The summed E-state index contributed by atoms with van der Waals surface area (Å²) in [7, 11) is 3.26. The molecule has 2 rings (SSSR count). The van der Waals surface area contributed by atoms with Gasteiger partial charge in [-0.1, -0.05) is 6.07 Å². The van der Waals surface area contributed by atoms with Gasteiger partial charge in [0.2, 0.25) is 5.91 Å². The monoisotopic (exact) mass is 251 g/mol. The molecule has 1 aromatic rings. The van der Waals surface area contributed by atoms with Crippen LogP contribution in [0.25, 0.3) is 0 Å². The van der Waals surface area contributed by atoms with E-state index in [1.807, 2.05) is 18.2 Å². The molecule has 1 amide bonds. The number of likely N-dealkylation sites (N-methyl/N-ethyl adjacent to an activating group) is 1. The normalized spacial score (nSPS) is 13.2. The first kappa shape index (κ1) is 12.7. The van der Waals surface area contributed by atoms with Crippen LogP contribution in [0.5, 0.6) is 11.5 Å². The van der Waals surface area contributed by atoms with E-state index in [9.17, 15) is 4.79 Å². The Morgan fingerprint density at radius 1 is 1.33 bits per heavy atom. The highest BCUT2D eigenvalue weighted by molar-refractivity contribution is 5.77. The molecule has 5 heteroatoms. The van der Waals surface area contributed by atoms with Gasteiger partial charge in [0, 0.05) is 20.7 Å². The Balaban J connectivity index is 2.03. The van der Waals surface area contributed by atoms with E-state index >= 15 is 0 Å². The lowest BCUT2D eigenvalue weighted by molar-refractivity contribution is -0.134. The molecule has 0 saturated carbocycles. The van der Waals surface area contributed by atoms with Crippen LogP contribution in [0.15, 0.2) is 18.2 Å². The van der Waals surface area contributed by atoms with E-state index in [0.29, 0.717) is 19.8 Å². The van der Waals surface area contributed by atoms with Crippen molar-refractivity contribution in [1.29, 1.82) is 0 Å². The Morgan fingerprint density at radius 3 is 2.78 bits per heavy atom. The van der Waals surface area contributed by atoms with Crippen molar-refractivity contribution in [1.82, 2.24) is 4.90 Å². The van der Waals surface area contributed by atoms with E-state index in [1.54, 1.807) is 11.9 Å². The first-order chi connectivity index (χ1) is 8.70. The Kier molecular flexibility index (Phi) is 4.04. The molecule has 1 heterocycles. The minimum atomic E-state index is -0.0487. The number of methoxy groups -OCH3 is 1. The van der Waals surface area contributed by atoms with Crippen molar-refractivity contribution in [2.24, 2.45) is 0 Å². The van der Waals surface area contributed by atoms with Gasteiger partial charge < -0.3 is 19.1 Å². The van der Waals surface area contributed by atoms with Crippen molar-refractivity contribution in [3.8, 4) is 11.5 Å². The highest BCUT2D eigenvalue weighted by Gasteiger charge is 2.14. The fraction of sp³-hybridized carbons (Fsp3) is 0.462. The van der Waals surface area contributed by atoms with Crippen LogP contribution in [0.1, 0.15) is 5.56 Å². The van der Waals surface area contributed by atoms with E-state index < -0.39 is 0 Å². The molecule has 18 heavy (non-hydrogen) atoms. The number of ether oxygens (including phenoxy) is 3. The van der Waals surface area contributed by atoms with Gasteiger partial charge in [0.1, 0.15) is 19.8 Å². The van der Waals surface area contributed by atoms with Gasteiger partial charge in [0.05, 0.1) is 0 Å². The summed E-state index contributed by atoms with van der Waals surface area (Å²) in [5, 5.41) is 0. The minimum Gasteiger partial charge on any atom is -0.486 e. The van der Waals surface area contributed by atoms with Gasteiger partial charge in [-0.05, 0) is 17.7 Å². The standard InChI is InChI=1S/C13H17NO4/c1-14(13(15)9-16-2)8-10-3-4-11-12(7-10)18-6-5-17-11/h3-4,7H,5-6,8-9H2,1-2H3. The fourth-order valence-electron chi connectivity index (χ4n) is 1.78. The first-order valence-electron chi connectivity index (χ1n) is 5.82. The lowest BCUT2D eigenvalue weighted by Gasteiger charge is -2.21. The largest absolute Gasteiger partial charge is 0.486 e. The maximum Gasteiger partial charge on any atom is 0.248 e. The Hall–Kier alpha value is -1.75. The second-order valence-corrected chi connectivity index (χ2v) is 4.16.